The first-order valence-electron chi connectivity index (χ1n) is 10.6. The molecule has 1 fully saturated rings. The van der Waals surface area contributed by atoms with Gasteiger partial charge in [-0.1, -0.05) is 18.2 Å². The summed E-state index contributed by atoms with van der Waals surface area (Å²) >= 11 is 0. The molecule has 162 valence electrons. The molecule has 1 aromatic carbocycles. The zero-order valence-electron chi connectivity index (χ0n) is 18.1. The largest absolute Gasteiger partial charge is 0.482 e. The number of amides is 1. The van der Waals surface area contributed by atoms with Crippen LogP contribution in [-0.2, 0) is 26.1 Å². The first-order chi connectivity index (χ1) is 14.5. The normalized spacial score (nSPS) is 33.1. The van der Waals surface area contributed by atoms with Gasteiger partial charge in [0.1, 0.15) is 18.8 Å². The molecule has 0 radical (unpaired) electrons. The molecule has 0 aromatic heterocycles. The Morgan fingerprint density at radius 1 is 1.33 bits per heavy atom. The van der Waals surface area contributed by atoms with Crippen molar-refractivity contribution in [3.8, 4) is 11.5 Å². The molecule has 2 heterocycles. The van der Waals surface area contributed by atoms with Crippen LogP contribution in [0.15, 0.2) is 24.3 Å². The third-order valence-corrected chi connectivity index (χ3v) is 7.35. The van der Waals surface area contributed by atoms with E-state index in [0.29, 0.717) is 12.0 Å². The molecular formula is C23H30N2O5. The smallest absolute Gasteiger partial charge is 0.248 e. The lowest BCUT2D eigenvalue weighted by atomic mass is 9.53. The number of rotatable bonds is 6. The predicted molar refractivity (Wildman–Crippen MR) is 111 cm³/mol. The summed E-state index contributed by atoms with van der Waals surface area (Å²) in [7, 11) is 7.32. The van der Waals surface area contributed by atoms with E-state index in [9.17, 15) is 4.79 Å². The van der Waals surface area contributed by atoms with E-state index in [2.05, 4.69) is 30.2 Å². The van der Waals surface area contributed by atoms with Crippen LogP contribution in [-0.4, -0.2) is 82.2 Å². The maximum Gasteiger partial charge on any atom is 0.248 e. The van der Waals surface area contributed by atoms with Crippen LogP contribution in [0.25, 0.3) is 0 Å². The van der Waals surface area contributed by atoms with Gasteiger partial charge in [0.25, 0.3) is 0 Å². The maximum atomic E-state index is 12.1. The van der Waals surface area contributed by atoms with Crippen molar-refractivity contribution in [3.63, 3.8) is 0 Å². The minimum absolute atomic E-state index is 0.0438. The van der Waals surface area contributed by atoms with E-state index in [1.807, 2.05) is 6.07 Å². The minimum atomic E-state index is -0.275. The van der Waals surface area contributed by atoms with Gasteiger partial charge in [0.15, 0.2) is 18.3 Å². The molecule has 7 nitrogen and oxygen atoms in total. The number of benzene rings is 1. The number of carbonyl (C=O) groups excluding carboxylic acids is 1. The third-order valence-electron chi connectivity index (χ3n) is 7.35. The van der Waals surface area contributed by atoms with Crippen LogP contribution in [0.3, 0.4) is 0 Å². The van der Waals surface area contributed by atoms with Gasteiger partial charge >= 0.3 is 0 Å². The van der Waals surface area contributed by atoms with Gasteiger partial charge in [-0.25, -0.2) is 0 Å². The molecule has 5 atom stereocenters. The summed E-state index contributed by atoms with van der Waals surface area (Å²) in [5.41, 5.74) is 2.48. The first-order valence-corrected chi connectivity index (χ1v) is 10.6. The Morgan fingerprint density at radius 3 is 2.93 bits per heavy atom. The molecule has 2 unspecified atom stereocenters. The van der Waals surface area contributed by atoms with Crippen molar-refractivity contribution < 1.29 is 23.7 Å². The number of ether oxygens (including phenoxy) is 4. The van der Waals surface area contributed by atoms with E-state index >= 15 is 0 Å². The number of likely N-dealkylation sites (tertiary alicyclic amines) is 1. The van der Waals surface area contributed by atoms with E-state index in [1.165, 1.54) is 11.1 Å². The van der Waals surface area contributed by atoms with Crippen molar-refractivity contribution in [3.05, 3.63) is 35.4 Å². The van der Waals surface area contributed by atoms with Crippen LogP contribution in [0, 0.1) is 5.92 Å². The SMILES string of the molecule is COCOc1ccc2c3c1OC1C(OCC(=O)N(C)C)C=C[C@H]4[C@@H](C2)N(C)CC[C@]314. The Morgan fingerprint density at radius 2 is 2.17 bits per heavy atom. The molecule has 1 aromatic rings. The van der Waals surface area contributed by atoms with Crippen molar-refractivity contribution in [2.75, 3.05) is 48.2 Å². The Balaban J connectivity index is 1.57. The van der Waals surface area contributed by atoms with Crippen LogP contribution in [0.4, 0.5) is 0 Å². The molecule has 0 saturated carbocycles. The second-order valence-corrected chi connectivity index (χ2v) is 9.03. The Bertz CT molecular complexity index is 885. The number of hydrogen-bond donors (Lipinski definition) is 0. The van der Waals surface area contributed by atoms with Gasteiger partial charge in [0.2, 0.25) is 5.91 Å². The second-order valence-electron chi connectivity index (χ2n) is 9.03. The van der Waals surface area contributed by atoms with Crippen LogP contribution < -0.4 is 9.47 Å². The highest BCUT2D eigenvalue weighted by Gasteiger charge is 2.64. The van der Waals surface area contributed by atoms with Crippen LogP contribution in [0.5, 0.6) is 11.5 Å². The molecule has 0 N–H and O–H groups in total. The van der Waals surface area contributed by atoms with E-state index in [1.54, 1.807) is 26.1 Å². The summed E-state index contributed by atoms with van der Waals surface area (Å²) in [6, 6.07) is 4.62. The lowest BCUT2D eigenvalue weighted by Gasteiger charge is -2.56. The third kappa shape index (κ3) is 2.72. The van der Waals surface area contributed by atoms with Gasteiger partial charge in [-0.3, -0.25) is 4.79 Å². The number of likely N-dealkylation sites (N-methyl/N-ethyl adjacent to an activating group) is 2. The van der Waals surface area contributed by atoms with Crippen molar-refractivity contribution in [2.45, 2.75) is 36.5 Å². The Kier molecular flexibility index (Phi) is 4.80. The maximum absolute atomic E-state index is 12.1. The molecule has 1 spiro atoms. The van der Waals surface area contributed by atoms with Crippen LogP contribution in [0.2, 0.25) is 0 Å². The van der Waals surface area contributed by atoms with E-state index in [-0.39, 0.29) is 36.9 Å². The summed E-state index contributed by atoms with van der Waals surface area (Å²) in [5, 5.41) is 0. The topological polar surface area (TPSA) is 60.5 Å². The Labute approximate surface area is 177 Å². The molecule has 7 heteroatoms. The highest BCUT2D eigenvalue weighted by Crippen LogP contribution is 2.62. The minimum Gasteiger partial charge on any atom is -0.482 e. The quantitative estimate of drug-likeness (QED) is 0.521. The fourth-order valence-corrected chi connectivity index (χ4v) is 5.89. The van der Waals surface area contributed by atoms with Crippen molar-refractivity contribution >= 4 is 5.91 Å². The fourth-order valence-electron chi connectivity index (χ4n) is 5.89. The fraction of sp³-hybridized carbons (Fsp3) is 0.609. The summed E-state index contributed by atoms with van der Waals surface area (Å²) in [5.74, 6) is 1.86. The summed E-state index contributed by atoms with van der Waals surface area (Å²) in [6.07, 6.45) is 5.97. The summed E-state index contributed by atoms with van der Waals surface area (Å²) in [4.78, 5) is 16.2. The van der Waals surface area contributed by atoms with Crippen LogP contribution in [0.1, 0.15) is 17.5 Å². The van der Waals surface area contributed by atoms with Crippen LogP contribution >= 0.6 is 0 Å². The molecular weight excluding hydrogens is 384 g/mol. The number of carbonyl (C=O) groups is 1. The zero-order valence-corrected chi connectivity index (χ0v) is 18.1. The molecule has 2 aliphatic carbocycles. The van der Waals surface area contributed by atoms with Gasteiger partial charge in [-0.2, -0.15) is 0 Å². The van der Waals surface area contributed by atoms with Gasteiger partial charge < -0.3 is 28.7 Å². The standard InChI is InChI=1S/C23H30N2O5/c1-24(2)19(26)12-28-18-8-6-15-16-11-14-5-7-17(29-13-27-4)21-20(14)23(15,22(18)30-21)9-10-25(16)3/h5-8,15-16,18,22H,9-13H2,1-4H3/t15-,16+,18?,22?,23-/m0/s1. The lowest BCUT2D eigenvalue weighted by Crippen LogP contribution is -2.65. The molecule has 1 saturated heterocycles. The summed E-state index contributed by atoms with van der Waals surface area (Å²) in [6.45, 7) is 1.24. The van der Waals surface area contributed by atoms with Gasteiger partial charge in [0, 0.05) is 44.1 Å². The number of nitrogens with zero attached hydrogens (tertiary/aromatic N) is 2. The lowest BCUT2D eigenvalue weighted by molar-refractivity contribution is -0.138. The molecule has 30 heavy (non-hydrogen) atoms. The van der Waals surface area contributed by atoms with Gasteiger partial charge in [-0.15, -0.1) is 0 Å². The van der Waals surface area contributed by atoms with Gasteiger partial charge in [-0.05, 0) is 38.1 Å². The molecule has 4 aliphatic rings. The average Bonchev–Trinajstić information content (AvgIpc) is 3.09. The van der Waals surface area contributed by atoms with Crippen molar-refractivity contribution in [2.24, 2.45) is 5.92 Å². The first kappa shape index (κ1) is 19.8. The van der Waals surface area contributed by atoms with E-state index in [4.69, 9.17) is 18.9 Å². The monoisotopic (exact) mass is 414 g/mol. The van der Waals surface area contributed by atoms with Crippen molar-refractivity contribution in [1.29, 1.82) is 0 Å². The number of piperidine rings is 1. The van der Waals surface area contributed by atoms with Gasteiger partial charge in [0.05, 0.1) is 0 Å². The predicted octanol–water partition coefficient (Wildman–Crippen LogP) is 1.59. The highest BCUT2D eigenvalue weighted by atomic mass is 16.7. The molecule has 1 amide bonds. The average molecular weight is 415 g/mol. The zero-order chi connectivity index (χ0) is 21.0. The molecule has 2 aliphatic heterocycles. The molecule has 2 bridgehead atoms. The number of hydrogen-bond acceptors (Lipinski definition) is 6. The van der Waals surface area contributed by atoms with Crippen molar-refractivity contribution in [1.82, 2.24) is 9.80 Å². The highest BCUT2D eigenvalue weighted by molar-refractivity contribution is 5.76. The van der Waals surface area contributed by atoms with E-state index in [0.717, 1.165) is 30.9 Å². The molecule has 5 rings (SSSR count). The number of methoxy groups -OCH3 is 1. The Hall–Kier alpha value is -2.09. The van der Waals surface area contributed by atoms with E-state index < -0.39 is 0 Å². The summed E-state index contributed by atoms with van der Waals surface area (Å²) < 4.78 is 23.7. The second kappa shape index (κ2) is 7.25.